The molecule has 0 unspecified atom stereocenters. The van der Waals surface area contributed by atoms with Gasteiger partial charge in [0.1, 0.15) is 5.75 Å². The summed E-state index contributed by atoms with van der Waals surface area (Å²) in [5.41, 5.74) is 1.87. The Kier molecular flexibility index (Phi) is 5.09. The van der Waals surface area contributed by atoms with Gasteiger partial charge in [-0.1, -0.05) is 37.3 Å². The lowest BCUT2D eigenvalue weighted by atomic mass is 10.0. The lowest BCUT2D eigenvalue weighted by Crippen LogP contribution is -2.05. The van der Waals surface area contributed by atoms with Crippen LogP contribution in [0.5, 0.6) is 5.75 Å². The van der Waals surface area contributed by atoms with Crippen LogP contribution < -0.4 is 0 Å². The van der Waals surface area contributed by atoms with Gasteiger partial charge in [0.15, 0.2) is 0 Å². The maximum atomic E-state index is 11.8. The first-order chi connectivity index (χ1) is 12.2. The van der Waals surface area contributed by atoms with Gasteiger partial charge >= 0.3 is 5.97 Å². The predicted octanol–water partition coefficient (Wildman–Crippen LogP) is 4.86. The first-order valence-corrected chi connectivity index (χ1v) is 8.21. The number of aromatic hydroxyl groups is 1. The minimum atomic E-state index is -0.330. The van der Waals surface area contributed by atoms with E-state index in [0.29, 0.717) is 23.4 Å². The van der Waals surface area contributed by atoms with E-state index in [4.69, 9.17) is 4.74 Å². The summed E-state index contributed by atoms with van der Waals surface area (Å²) in [5.74, 6) is -0.147. The van der Waals surface area contributed by atoms with Crippen LogP contribution in [0.1, 0.15) is 29.3 Å². The highest BCUT2D eigenvalue weighted by Crippen LogP contribution is 2.26. The number of carbonyl (C=O) groups is 1. The minimum absolute atomic E-state index is 0.183. The highest BCUT2D eigenvalue weighted by Gasteiger charge is 2.07. The van der Waals surface area contributed by atoms with Gasteiger partial charge < -0.3 is 9.84 Å². The molecule has 4 nitrogen and oxygen atoms in total. The van der Waals surface area contributed by atoms with E-state index in [1.165, 1.54) is 0 Å². The topological polar surface area (TPSA) is 58.9 Å². The highest BCUT2D eigenvalue weighted by molar-refractivity contribution is 6.03. The van der Waals surface area contributed by atoms with Crippen molar-refractivity contribution >= 4 is 28.6 Å². The average Bonchev–Trinajstić information content (AvgIpc) is 2.65. The predicted molar refractivity (Wildman–Crippen MR) is 99.9 cm³/mol. The second-order valence-electron chi connectivity index (χ2n) is 5.66. The van der Waals surface area contributed by atoms with E-state index in [1.54, 1.807) is 36.5 Å². The Bertz CT molecular complexity index is 914. The molecular weight excluding hydrogens is 314 g/mol. The number of hydrogen-bond acceptors (Lipinski definition) is 4. The second kappa shape index (κ2) is 7.62. The van der Waals surface area contributed by atoms with Gasteiger partial charge in [-0.2, -0.15) is 0 Å². The van der Waals surface area contributed by atoms with Crippen LogP contribution in [0.3, 0.4) is 0 Å². The molecule has 0 amide bonds. The molecule has 0 spiro atoms. The standard InChI is InChI=1S/C21H19NO3/c1-2-13-25-21(24)16-7-10-17(11-8-16)22-14-19-18-6-4-3-5-15(18)9-12-20(19)23/h3-12,14,23H,2,13H2,1H3. The Hall–Kier alpha value is -3.14. The smallest absolute Gasteiger partial charge is 0.338 e. The molecule has 0 aliphatic heterocycles. The molecule has 3 rings (SSSR count). The number of phenolic OH excluding ortho intramolecular Hbond substituents is 1. The first-order valence-electron chi connectivity index (χ1n) is 8.21. The maximum absolute atomic E-state index is 11.8. The molecule has 0 heterocycles. The molecule has 126 valence electrons. The van der Waals surface area contributed by atoms with Crippen molar-refractivity contribution in [1.29, 1.82) is 0 Å². The minimum Gasteiger partial charge on any atom is -0.507 e. The number of ether oxygens (including phenoxy) is 1. The summed E-state index contributed by atoms with van der Waals surface area (Å²) in [5, 5.41) is 12.1. The Morgan fingerprint density at radius 1 is 1.08 bits per heavy atom. The summed E-state index contributed by atoms with van der Waals surface area (Å²) in [7, 11) is 0. The lowest BCUT2D eigenvalue weighted by Gasteiger charge is -2.05. The maximum Gasteiger partial charge on any atom is 0.338 e. The fourth-order valence-electron chi connectivity index (χ4n) is 2.52. The second-order valence-corrected chi connectivity index (χ2v) is 5.66. The summed E-state index contributed by atoms with van der Waals surface area (Å²) in [6.07, 6.45) is 2.44. The van der Waals surface area contributed by atoms with Gasteiger partial charge in [-0.15, -0.1) is 0 Å². The zero-order chi connectivity index (χ0) is 17.6. The van der Waals surface area contributed by atoms with Crippen LogP contribution in [-0.2, 0) is 4.74 Å². The third-order valence-electron chi connectivity index (χ3n) is 3.83. The Balaban J connectivity index is 1.83. The number of fused-ring (bicyclic) bond motifs is 1. The van der Waals surface area contributed by atoms with E-state index in [0.717, 1.165) is 17.2 Å². The highest BCUT2D eigenvalue weighted by atomic mass is 16.5. The van der Waals surface area contributed by atoms with Gasteiger partial charge in [0.2, 0.25) is 0 Å². The van der Waals surface area contributed by atoms with Crippen molar-refractivity contribution in [2.24, 2.45) is 4.99 Å². The van der Waals surface area contributed by atoms with Gasteiger partial charge in [0, 0.05) is 11.8 Å². The van der Waals surface area contributed by atoms with Crippen LogP contribution in [0, 0.1) is 0 Å². The summed E-state index contributed by atoms with van der Waals surface area (Å²) >= 11 is 0. The van der Waals surface area contributed by atoms with Crippen LogP contribution in [0.2, 0.25) is 0 Å². The van der Waals surface area contributed by atoms with Crippen molar-refractivity contribution in [3.05, 3.63) is 71.8 Å². The zero-order valence-corrected chi connectivity index (χ0v) is 14.0. The van der Waals surface area contributed by atoms with Crippen molar-refractivity contribution in [3.63, 3.8) is 0 Å². The molecule has 0 atom stereocenters. The monoisotopic (exact) mass is 333 g/mol. The van der Waals surface area contributed by atoms with E-state index in [1.807, 2.05) is 37.3 Å². The molecule has 0 saturated carbocycles. The van der Waals surface area contributed by atoms with Crippen LogP contribution in [0.15, 0.2) is 65.7 Å². The fourth-order valence-corrected chi connectivity index (χ4v) is 2.52. The van der Waals surface area contributed by atoms with Crippen LogP contribution >= 0.6 is 0 Å². The largest absolute Gasteiger partial charge is 0.507 e. The third-order valence-corrected chi connectivity index (χ3v) is 3.83. The molecule has 0 radical (unpaired) electrons. The molecule has 0 aromatic heterocycles. The average molecular weight is 333 g/mol. The van der Waals surface area contributed by atoms with Gasteiger partial charge in [0.25, 0.3) is 0 Å². The molecular formula is C21H19NO3. The Morgan fingerprint density at radius 2 is 1.84 bits per heavy atom. The molecule has 25 heavy (non-hydrogen) atoms. The fraction of sp³-hybridized carbons (Fsp3) is 0.143. The molecule has 3 aromatic rings. The van der Waals surface area contributed by atoms with E-state index in [2.05, 4.69) is 4.99 Å². The molecule has 0 aliphatic carbocycles. The van der Waals surface area contributed by atoms with Crippen LogP contribution in [0.25, 0.3) is 10.8 Å². The van der Waals surface area contributed by atoms with E-state index < -0.39 is 0 Å². The molecule has 1 N–H and O–H groups in total. The lowest BCUT2D eigenvalue weighted by molar-refractivity contribution is 0.0505. The molecule has 3 aromatic carbocycles. The molecule has 0 saturated heterocycles. The Morgan fingerprint density at radius 3 is 2.60 bits per heavy atom. The van der Waals surface area contributed by atoms with Gasteiger partial charge in [-0.3, -0.25) is 4.99 Å². The number of esters is 1. The quantitative estimate of drug-likeness (QED) is 0.535. The molecule has 4 heteroatoms. The van der Waals surface area contributed by atoms with Crippen LogP contribution in [-0.4, -0.2) is 23.9 Å². The number of nitrogens with zero attached hydrogens (tertiary/aromatic N) is 1. The van der Waals surface area contributed by atoms with Crippen molar-refractivity contribution in [1.82, 2.24) is 0 Å². The summed E-state index contributed by atoms with van der Waals surface area (Å²) in [6, 6.07) is 18.2. The van der Waals surface area contributed by atoms with E-state index in [-0.39, 0.29) is 11.7 Å². The van der Waals surface area contributed by atoms with E-state index >= 15 is 0 Å². The number of carbonyl (C=O) groups excluding carboxylic acids is 1. The summed E-state index contributed by atoms with van der Waals surface area (Å²) in [4.78, 5) is 16.2. The van der Waals surface area contributed by atoms with Gasteiger partial charge in [-0.25, -0.2) is 4.79 Å². The summed E-state index contributed by atoms with van der Waals surface area (Å²) < 4.78 is 5.10. The van der Waals surface area contributed by atoms with Crippen LogP contribution in [0.4, 0.5) is 5.69 Å². The van der Waals surface area contributed by atoms with Gasteiger partial charge in [-0.05, 0) is 47.5 Å². The zero-order valence-electron chi connectivity index (χ0n) is 14.0. The molecule has 0 bridgehead atoms. The van der Waals surface area contributed by atoms with Crippen molar-refractivity contribution in [3.8, 4) is 5.75 Å². The number of phenols is 1. The summed E-state index contributed by atoms with van der Waals surface area (Å²) in [6.45, 7) is 2.37. The SMILES string of the molecule is CCCOC(=O)c1ccc(N=Cc2c(O)ccc3ccccc23)cc1. The van der Waals surface area contributed by atoms with Crippen molar-refractivity contribution in [2.45, 2.75) is 13.3 Å². The number of aliphatic imine (C=N–C) groups is 1. The normalized spacial score (nSPS) is 11.1. The van der Waals surface area contributed by atoms with Crippen molar-refractivity contribution < 1.29 is 14.6 Å². The van der Waals surface area contributed by atoms with E-state index in [9.17, 15) is 9.90 Å². The Labute approximate surface area is 146 Å². The number of rotatable bonds is 5. The van der Waals surface area contributed by atoms with Crippen molar-refractivity contribution in [2.75, 3.05) is 6.61 Å². The number of hydrogen-bond donors (Lipinski definition) is 1. The molecule has 0 aliphatic rings. The first kappa shape index (κ1) is 16.7. The third kappa shape index (κ3) is 3.86. The van der Waals surface area contributed by atoms with Gasteiger partial charge in [0.05, 0.1) is 17.9 Å². The number of benzene rings is 3. The molecule has 0 fully saturated rings.